The van der Waals surface area contributed by atoms with Gasteiger partial charge >= 0.3 is 6.09 Å². The van der Waals surface area contributed by atoms with Crippen LogP contribution >= 0.6 is 0 Å². The minimum Gasteiger partial charge on any atom is -0.410 e. The van der Waals surface area contributed by atoms with Gasteiger partial charge < -0.3 is 14.5 Å². The molecule has 1 N–H and O–H groups in total. The van der Waals surface area contributed by atoms with Crippen LogP contribution < -0.4 is 10.3 Å². The fourth-order valence-electron chi connectivity index (χ4n) is 2.37. The molecule has 2 heterocycles. The van der Waals surface area contributed by atoms with Crippen LogP contribution in [0, 0.1) is 0 Å². The Balaban J connectivity index is 1.55. The van der Waals surface area contributed by atoms with Crippen molar-refractivity contribution < 1.29 is 14.3 Å². The maximum Gasteiger partial charge on any atom is 0.415 e. The predicted molar refractivity (Wildman–Crippen MR) is 84.8 cm³/mol. The molecular formula is C16H16N4O4. The second-order valence-electron chi connectivity index (χ2n) is 5.27. The number of hydrogen-bond acceptors (Lipinski definition) is 5. The Hall–Kier alpha value is -3.16. The summed E-state index contributed by atoms with van der Waals surface area (Å²) in [5.41, 5.74) is -0.185. The van der Waals surface area contributed by atoms with E-state index >= 15 is 0 Å². The lowest BCUT2D eigenvalue weighted by Gasteiger charge is -2.33. The van der Waals surface area contributed by atoms with Crippen molar-refractivity contribution in [3.63, 3.8) is 0 Å². The van der Waals surface area contributed by atoms with Gasteiger partial charge in [0.15, 0.2) is 0 Å². The van der Waals surface area contributed by atoms with Crippen molar-refractivity contribution >= 4 is 12.0 Å². The average molecular weight is 328 g/mol. The first-order chi connectivity index (χ1) is 11.6. The number of carbonyl (C=O) groups is 2. The van der Waals surface area contributed by atoms with Crippen molar-refractivity contribution in [1.29, 1.82) is 0 Å². The zero-order valence-corrected chi connectivity index (χ0v) is 12.8. The van der Waals surface area contributed by atoms with Crippen LogP contribution in [0.1, 0.15) is 10.5 Å². The number of para-hydroxylation sites is 1. The normalized spacial score (nSPS) is 14.3. The molecule has 0 unspecified atom stereocenters. The topological polar surface area (TPSA) is 95.6 Å². The third kappa shape index (κ3) is 3.60. The summed E-state index contributed by atoms with van der Waals surface area (Å²) in [7, 11) is 0. The van der Waals surface area contributed by atoms with Gasteiger partial charge in [0.2, 0.25) is 0 Å². The van der Waals surface area contributed by atoms with Crippen molar-refractivity contribution in [3.05, 3.63) is 58.5 Å². The van der Waals surface area contributed by atoms with Gasteiger partial charge in [0.05, 0.1) is 0 Å². The van der Waals surface area contributed by atoms with E-state index in [-0.39, 0.29) is 17.2 Å². The van der Waals surface area contributed by atoms with E-state index in [0.717, 1.165) is 0 Å². The first-order valence-electron chi connectivity index (χ1n) is 7.50. The second-order valence-corrected chi connectivity index (χ2v) is 5.27. The fraction of sp³-hybridized carbons (Fsp3) is 0.250. The minimum atomic E-state index is -0.435. The van der Waals surface area contributed by atoms with Crippen LogP contribution in [0.3, 0.4) is 0 Å². The number of nitrogens with one attached hydrogen (secondary N) is 1. The molecular weight excluding hydrogens is 312 g/mol. The number of nitrogens with zero attached hydrogens (tertiary/aromatic N) is 3. The molecule has 0 spiro atoms. The van der Waals surface area contributed by atoms with Crippen molar-refractivity contribution in [2.75, 3.05) is 26.2 Å². The maximum atomic E-state index is 12.3. The Morgan fingerprint density at radius 2 is 1.62 bits per heavy atom. The fourth-order valence-corrected chi connectivity index (χ4v) is 2.37. The molecule has 0 aliphatic carbocycles. The molecule has 24 heavy (non-hydrogen) atoms. The molecule has 1 aromatic carbocycles. The summed E-state index contributed by atoms with van der Waals surface area (Å²) in [5, 5.41) is 5.97. The Morgan fingerprint density at radius 1 is 0.958 bits per heavy atom. The highest BCUT2D eigenvalue weighted by Gasteiger charge is 2.26. The number of aromatic amines is 1. The van der Waals surface area contributed by atoms with E-state index in [1.807, 2.05) is 6.07 Å². The number of carbonyl (C=O) groups excluding carboxylic acids is 2. The molecule has 0 bridgehead atoms. The van der Waals surface area contributed by atoms with Gasteiger partial charge in [-0.15, -0.1) is 0 Å². The molecule has 1 saturated heterocycles. The van der Waals surface area contributed by atoms with Crippen molar-refractivity contribution in [2.45, 2.75) is 0 Å². The number of benzene rings is 1. The zero-order valence-electron chi connectivity index (χ0n) is 12.8. The SMILES string of the molecule is O=C(Oc1ccccc1)N1CCN(C(=O)c2ccc(=O)[nH]n2)CC1. The first-order valence-corrected chi connectivity index (χ1v) is 7.50. The average Bonchev–Trinajstić information content (AvgIpc) is 2.63. The van der Waals surface area contributed by atoms with E-state index in [4.69, 9.17) is 4.74 Å². The first kappa shape index (κ1) is 15.7. The molecule has 8 nitrogen and oxygen atoms in total. The highest BCUT2D eigenvalue weighted by atomic mass is 16.6. The maximum absolute atomic E-state index is 12.3. The van der Waals surface area contributed by atoms with Crippen LogP contribution in [-0.4, -0.2) is 58.2 Å². The predicted octanol–water partition coefficient (Wildman–Crippen LogP) is 0.727. The quantitative estimate of drug-likeness (QED) is 0.877. The third-order valence-electron chi connectivity index (χ3n) is 3.67. The molecule has 1 fully saturated rings. The van der Waals surface area contributed by atoms with Crippen molar-refractivity contribution in [2.24, 2.45) is 0 Å². The Labute approximate surface area is 137 Å². The molecule has 2 amide bonds. The molecule has 2 aromatic rings. The van der Waals surface area contributed by atoms with Crippen LogP contribution in [0.25, 0.3) is 0 Å². The highest BCUT2D eigenvalue weighted by molar-refractivity contribution is 5.92. The van der Waals surface area contributed by atoms with E-state index in [2.05, 4.69) is 10.2 Å². The van der Waals surface area contributed by atoms with E-state index in [1.54, 1.807) is 34.1 Å². The number of hydrogen-bond donors (Lipinski definition) is 1. The van der Waals surface area contributed by atoms with Gasteiger partial charge in [-0.3, -0.25) is 9.59 Å². The summed E-state index contributed by atoms with van der Waals surface area (Å²) in [5.74, 6) is 0.209. The molecule has 1 aliphatic heterocycles. The van der Waals surface area contributed by atoms with Gasteiger partial charge in [-0.25, -0.2) is 9.89 Å². The lowest BCUT2D eigenvalue weighted by atomic mass is 10.3. The van der Waals surface area contributed by atoms with Crippen LogP contribution in [0.5, 0.6) is 5.75 Å². The highest BCUT2D eigenvalue weighted by Crippen LogP contribution is 2.12. The lowest BCUT2D eigenvalue weighted by molar-refractivity contribution is 0.0626. The molecule has 0 atom stereocenters. The Morgan fingerprint density at radius 3 is 2.25 bits per heavy atom. The van der Waals surface area contributed by atoms with Crippen molar-refractivity contribution in [1.82, 2.24) is 20.0 Å². The second kappa shape index (κ2) is 6.95. The molecule has 8 heteroatoms. The molecule has 1 aliphatic rings. The standard InChI is InChI=1S/C16H16N4O4/c21-14-7-6-13(17-18-14)15(22)19-8-10-20(11-9-19)16(23)24-12-4-2-1-3-5-12/h1-7H,8-11H2,(H,18,21). The number of amides is 2. The number of H-pyrrole nitrogens is 1. The van der Waals surface area contributed by atoms with Crippen LogP contribution in [-0.2, 0) is 0 Å². The summed E-state index contributed by atoms with van der Waals surface area (Å²) in [4.78, 5) is 38.5. The monoisotopic (exact) mass is 328 g/mol. The van der Waals surface area contributed by atoms with E-state index in [9.17, 15) is 14.4 Å². The van der Waals surface area contributed by atoms with Crippen molar-refractivity contribution in [3.8, 4) is 5.75 Å². The summed E-state index contributed by atoms with van der Waals surface area (Å²) < 4.78 is 5.28. The smallest absolute Gasteiger partial charge is 0.410 e. The number of piperazine rings is 1. The largest absolute Gasteiger partial charge is 0.415 e. The van der Waals surface area contributed by atoms with E-state index in [0.29, 0.717) is 31.9 Å². The van der Waals surface area contributed by atoms with Gasteiger partial charge in [-0.2, -0.15) is 5.10 Å². The lowest BCUT2D eigenvalue weighted by Crippen LogP contribution is -2.51. The van der Waals surface area contributed by atoms with Gasteiger partial charge in [0, 0.05) is 32.2 Å². The van der Waals surface area contributed by atoms with Crippen LogP contribution in [0.4, 0.5) is 4.79 Å². The summed E-state index contributed by atoms with van der Waals surface area (Å²) in [6.45, 7) is 1.51. The van der Waals surface area contributed by atoms with Gasteiger partial charge in [-0.1, -0.05) is 18.2 Å². The Kier molecular flexibility index (Phi) is 4.55. The minimum absolute atomic E-state index is 0.176. The van der Waals surface area contributed by atoms with E-state index < -0.39 is 6.09 Å². The molecule has 3 rings (SSSR count). The van der Waals surface area contributed by atoms with Gasteiger partial charge in [0.1, 0.15) is 11.4 Å². The van der Waals surface area contributed by atoms with Crippen LogP contribution in [0.15, 0.2) is 47.3 Å². The number of rotatable bonds is 2. The number of ether oxygens (including phenoxy) is 1. The molecule has 0 saturated carbocycles. The van der Waals surface area contributed by atoms with Gasteiger partial charge in [0.25, 0.3) is 11.5 Å². The third-order valence-corrected chi connectivity index (χ3v) is 3.67. The van der Waals surface area contributed by atoms with E-state index in [1.165, 1.54) is 12.1 Å². The molecule has 124 valence electrons. The Bertz CT molecular complexity index is 762. The summed E-state index contributed by atoms with van der Waals surface area (Å²) in [6, 6.07) is 11.5. The van der Waals surface area contributed by atoms with Crippen LogP contribution in [0.2, 0.25) is 0 Å². The molecule has 1 aromatic heterocycles. The zero-order chi connectivity index (χ0) is 16.9. The summed E-state index contributed by atoms with van der Waals surface area (Å²) >= 11 is 0. The van der Waals surface area contributed by atoms with Gasteiger partial charge in [-0.05, 0) is 18.2 Å². The number of aromatic nitrogens is 2. The molecule has 0 radical (unpaired) electrons. The summed E-state index contributed by atoms with van der Waals surface area (Å²) in [6.07, 6.45) is -0.435.